The summed E-state index contributed by atoms with van der Waals surface area (Å²) in [5.74, 6) is 1.38. The quantitative estimate of drug-likeness (QED) is 0.266. The zero-order chi connectivity index (χ0) is 27.3. The normalized spacial score (nSPS) is 17.9. The Balaban J connectivity index is 1.40. The second-order valence-electron chi connectivity index (χ2n) is 11.1. The maximum absolute atomic E-state index is 13.7. The van der Waals surface area contributed by atoms with Crippen LogP contribution in [0.1, 0.15) is 49.4 Å². The molecule has 4 nitrogen and oxygen atoms in total. The van der Waals surface area contributed by atoms with Gasteiger partial charge in [-0.25, -0.2) is 0 Å². The van der Waals surface area contributed by atoms with E-state index in [0.717, 1.165) is 39.9 Å². The lowest BCUT2D eigenvalue weighted by molar-refractivity contribution is -0.118. The Morgan fingerprint density at radius 3 is 2.56 bits per heavy atom. The van der Waals surface area contributed by atoms with E-state index in [1.807, 2.05) is 24.3 Å². The SMILES string of the molecule is COc1cc([C@H]2Nc3ccc4ccccc4c3C3=C2C(=O)CC(C)(C)C3)ccc1OCc1ccc(Cl)cc1Cl. The highest BCUT2D eigenvalue weighted by Gasteiger charge is 2.41. The number of nitrogens with one attached hydrogen (secondary N) is 1. The molecule has 1 aliphatic carbocycles. The number of ether oxygens (including phenoxy) is 2. The molecule has 0 saturated heterocycles. The van der Waals surface area contributed by atoms with E-state index in [2.05, 4.69) is 55.6 Å². The molecule has 1 N–H and O–H groups in total. The average molecular weight is 559 g/mol. The number of ketones is 1. The van der Waals surface area contributed by atoms with Crippen molar-refractivity contribution in [2.75, 3.05) is 12.4 Å². The van der Waals surface area contributed by atoms with Gasteiger partial charge in [0.15, 0.2) is 17.3 Å². The predicted molar refractivity (Wildman–Crippen MR) is 159 cm³/mol. The van der Waals surface area contributed by atoms with Crippen LogP contribution < -0.4 is 14.8 Å². The van der Waals surface area contributed by atoms with Gasteiger partial charge in [-0.05, 0) is 64.1 Å². The molecule has 1 aliphatic heterocycles. The minimum absolute atomic E-state index is 0.107. The van der Waals surface area contributed by atoms with Crippen LogP contribution in [0.2, 0.25) is 10.0 Å². The van der Waals surface area contributed by atoms with Crippen LogP contribution in [0.25, 0.3) is 16.3 Å². The standard InChI is InChI=1S/C33H29Cl2NO3/c1-33(2)16-24-30-23-7-5-4-6-19(23)9-12-26(30)36-32(31(24)27(37)17-33)20-10-13-28(29(14-20)38-3)39-18-21-8-11-22(34)15-25(21)35/h4-15,32,36H,16-18H2,1-3H3/t32-/m1/s1. The zero-order valence-electron chi connectivity index (χ0n) is 22.1. The molecule has 0 fully saturated rings. The number of allylic oxidation sites excluding steroid dienone is 1. The summed E-state index contributed by atoms with van der Waals surface area (Å²) in [7, 11) is 1.62. The lowest BCUT2D eigenvalue weighted by atomic mass is 9.68. The van der Waals surface area contributed by atoms with E-state index in [9.17, 15) is 4.79 Å². The van der Waals surface area contributed by atoms with Crippen molar-refractivity contribution in [3.63, 3.8) is 0 Å². The van der Waals surface area contributed by atoms with Crippen molar-refractivity contribution in [1.29, 1.82) is 0 Å². The zero-order valence-corrected chi connectivity index (χ0v) is 23.6. The molecule has 0 aromatic heterocycles. The Labute approximate surface area is 238 Å². The number of anilines is 1. The lowest BCUT2D eigenvalue weighted by Crippen LogP contribution is -2.33. The van der Waals surface area contributed by atoms with Crippen molar-refractivity contribution in [2.24, 2.45) is 5.41 Å². The van der Waals surface area contributed by atoms with Crippen molar-refractivity contribution in [3.05, 3.63) is 105 Å². The molecule has 4 aromatic carbocycles. The number of rotatable bonds is 5. The van der Waals surface area contributed by atoms with E-state index in [1.165, 1.54) is 10.8 Å². The molecular formula is C33H29Cl2NO3. The van der Waals surface area contributed by atoms with Gasteiger partial charge >= 0.3 is 0 Å². The molecular weight excluding hydrogens is 529 g/mol. The van der Waals surface area contributed by atoms with Crippen LogP contribution in [0.3, 0.4) is 0 Å². The van der Waals surface area contributed by atoms with Gasteiger partial charge in [0.05, 0.1) is 13.2 Å². The molecule has 2 aliphatic rings. The number of fused-ring (bicyclic) bond motifs is 4. The molecule has 39 heavy (non-hydrogen) atoms. The number of carbonyl (C=O) groups is 1. The van der Waals surface area contributed by atoms with Crippen molar-refractivity contribution < 1.29 is 14.3 Å². The van der Waals surface area contributed by atoms with E-state index >= 15 is 0 Å². The van der Waals surface area contributed by atoms with Crippen LogP contribution in [0.15, 0.2) is 78.4 Å². The van der Waals surface area contributed by atoms with Crippen LogP contribution in [0.5, 0.6) is 11.5 Å². The second kappa shape index (κ2) is 9.93. The Morgan fingerprint density at radius 2 is 1.77 bits per heavy atom. The number of Topliss-reactive ketones (excluding diaryl/α,β-unsaturated/α-hetero) is 1. The fraction of sp³-hybridized carbons (Fsp3) is 0.242. The van der Waals surface area contributed by atoms with Gasteiger partial charge in [0.2, 0.25) is 0 Å². The van der Waals surface area contributed by atoms with E-state index in [4.69, 9.17) is 32.7 Å². The van der Waals surface area contributed by atoms with Gasteiger partial charge in [-0.15, -0.1) is 0 Å². The molecule has 198 valence electrons. The van der Waals surface area contributed by atoms with Crippen molar-refractivity contribution in [3.8, 4) is 11.5 Å². The Bertz CT molecular complexity index is 1660. The number of benzene rings is 4. The molecule has 0 saturated carbocycles. The monoisotopic (exact) mass is 557 g/mol. The highest BCUT2D eigenvalue weighted by atomic mass is 35.5. The van der Waals surface area contributed by atoms with Crippen LogP contribution >= 0.6 is 23.2 Å². The van der Waals surface area contributed by atoms with Gasteiger partial charge in [-0.3, -0.25) is 4.79 Å². The molecule has 6 rings (SSSR count). The highest BCUT2D eigenvalue weighted by Crippen LogP contribution is 2.52. The topological polar surface area (TPSA) is 47.6 Å². The van der Waals surface area contributed by atoms with Crippen LogP contribution in [-0.4, -0.2) is 12.9 Å². The fourth-order valence-electron chi connectivity index (χ4n) is 5.86. The van der Waals surface area contributed by atoms with Crippen molar-refractivity contribution in [2.45, 2.75) is 39.3 Å². The van der Waals surface area contributed by atoms with Gasteiger partial charge in [0.1, 0.15) is 6.61 Å². The molecule has 0 bridgehead atoms. The van der Waals surface area contributed by atoms with E-state index in [0.29, 0.717) is 28.0 Å². The minimum Gasteiger partial charge on any atom is -0.493 e. The number of hydrogen-bond donors (Lipinski definition) is 1. The third-order valence-electron chi connectivity index (χ3n) is 7.66. The summed E-state index contributed by atoms with van der Waals surface area (Å²) in [6, 6.07) is 23.6. The van der Waals surface area contributed by atoms with E-state index < -0.39 is 0 Å². The van der Waals surface area contributed by atoms with Crippen molar-refractivity contribution in [1.82, 2.24) is 0 Å². The number of methoxy groups -OCH3 is 1. The number of halogens is 2. The minimum atomic E-state index is -0.286. The molecule has 1 heterocycles. The first-order valence-electron chi connectivity index (χ1n) is 13.0. The van der Waals surface area contributed by atoms with Crippen molar-refractivity contribution >= 4 is 51.0 Å². The largest absolute Gasteiger partial charge is 0.493 e. The van der Waals surface area contributed by atoms with Gasteiger partial charge < -0.3 is 14.8 Å². The summed E-state index contributed by atoms with van der Waals surface area (Å²) in [5, 5.41) is 7.16. The average Bonchev–Trinajstić information content (AvgIpc) is 2.91. The molecule has 0 unspecified atom stereocenters. The predicted octanol–water partition coefficient (Wildman–Crippen LogP) is 9.04. The molecule has 1 atom stereocenters. The van der Waals surface area contributed by atoms with Crippen LogP contribution in [-0.2, 0) is 11.4 Å². The lowest BCUT2D eigenvalue weighted by Gasteiger charge is -2.40. The molecule has 6 heteroatoms. The third-order valence-corrected chi connectivity index (χ3v) is 8.25. The summed E-state index contributed by atoms with van der Waals surface area (Å²) in [5.41, 5.74) is 5.85. The maximum atomic E-state index is 13.7. The summed E-state index contributed by atoms with van der Waals surface area (Å²) in [6.07, 6.45) is 1.36. The Kier molecular flexibility index (Phi) is 6.57. The fourth-order valence-corrected chi connectivity index (χ4v) is 6.33. The molecule has 4 aromatic rings. The molecule has 0 spiro atoms. The summed E-state index contributed by atoms with van der Waals surface area (Å²) in [6.45, 7) is 4.63. The summed E-state index contributed by atoms with van der Waals surface area (Å²) >= 11 is 12.4. The molecule has 0 radical (unpaired) electrons. The van der Waals surface area contributed by atoms with Gasteiger partial charge in [0, 0.05) is 38.9 Å². The third kappa shape index (κ3) is 4.77. The van der Waals surface area contributed by atoms with Gasteiger partial charge in [-0.1, -0.05) is 79.5 Å². The van der Waals surface area contributed by atoms with Gasteiger partial charge in [-0.2, -0.15) is 0 Å². The van der Waals surface area contributed by atoms with E-state index in [-0.39, 0.29) is 23.8 Å². The number of carbonyl (C=O) groups excluding carboxylic acids is 1. The van der Waals surface area contributed by atoms with Crippen LogP contribution in [0.4, 0.5) is 5.69 Å². The number of hydrogen-bond acceptors (Lipinski definition) is 4. The second-order valence-corrected chi connectivity index (χ2v) is 11.9. The molecule has 0 amide bonds. The Morgan fingerprint density at radius 1 is 0.949 bits per heavy atom. The maximum Gasteiger partial charge on any atom is 0.162 e. The van der Waals surface area contributed by atoms with Crippen LogP contribution in [0, 0.1) is 5.41 Å². The first-order chi connectivity index (χ1) is 18.7. The first-order valence-corrected chi connectivity index (χ1v) is 13.8. The highest BCUT2D eigenvalue weighted by molar-refractivity contribution is 6.35. The van der Waals surface area contributed by atoms with E-state index in [1.54, 1.807) is 19.2 Å². The first kappa shape index (κ1) is 25.8. The summed E-state index contributed by atoms with van der Waals surface area (Å²) < 4.78 is 11.8. The smallest absolute Gasteiger partial charge is 0.162 e. The Hall–Kier alpha value is -3.47. The van der Waals surface area contributed by atoms with Gasteiger partial charge in [0.25, 0.3) is 0 Å². The summed E-state index contributed by atoms with van der Waals surface area (Å²) in [4.78, 5) is 13.7.